The number of piperidine rings is 1. The van der Waals surface area contributed by atoms with E-state index in [0.717, 1.165) is 6.20 Å². The fourth-order valence-electron chi connectivity index (χ4n) is 2.35. The Morgan fingerprint density at radius 3 is 2.46 bits per heavy atom. The summed E-state index contributed by atoms with van der Waals surface area (Å²) < 4.78 is 17.9. The highest BCUT2D eigenvalue weighted by atomic mass is 32.2. The SMILES string of the molecule is CC(C)(C)OC(=O)N1CCC(S(=O)c2ccc([N+](=O)[O-])cn2)CC1. The molecule has 132 valence electrons. The molecule has 24 heavy (non-hydrogen) atoms. The van der Waals surface area contributed by atoms with Crippen LogP contribution in [-0.2, 0) is 15.5 Å². The van der Waals surface area contributed by atoms with E-state index in [2.05, 4.69) is 4.98 Å². The summed E-state index contributed by atoms with van der Waals surface area (Å²) in [6, 6.07) is 2.73. The molecule has 1 atom stereocenters. The molecule has 0 bridgehead atoms. The molecule has 1 aliphatic rings. The van der Waals surface area contributed by atoms with Crippen LogP contribution >= 0.6 is 0 Å². The van der Waals surface area contributed by atoms with Crippen molar-refractivity contribution in [2.75, 3.05) is 13.1 Å². The first-order valence-corrected chi connectivity index (χ1v) is 8.87. The van der Waals surface area contributed by atoms with Gasteiger partial charge >= 0.3 is 6.09 Å². The van der Waals surface area contributed by atoms with Gasteiger partial charge in [-0.25, -0.2) is 9.78 Å². The summed E-state index contributed by atoms with van der Waals surface area (Å²) in [5.74, 6) is 0. The highest BCUT2D eigenvalue weighted by Crippen LogP contribution is 2.22. The van der Waals surface area contributed by atoms with Crippen LogP contribution in [0, 0.1) is 10.1 Å². The molecule has 2 heterocycles. The number of nitro groups is 1. The number of rotatable bonds is 3. The molecule has 0 aliphatic carbocycles. The number of hydrogen-bond acceptors (Lipinski definition) is 6. The molecule has 0 spiro atoms. The lowest BCUT2D eigenvalue weighted by molar-refractivity contribution is -0.385. The third-order valence-corrected chi connectivity index (χ3v) is 5.26. The van der Waals surface area contributed by atoms with Crippen molar-refractivity contribution in [3.63, 3.8) is 0 Å². The lowest BCUT2D eigenvalue weighted by Crippen LogP contribution is -2.43. The van der Waals surface area contributed by atoms with E-state index in [0.29, 0.717) is 31.0 Å². The van der Waals surface area contributed by atoms with Crippen molar-refractivity contribution in [3.05, 3.63) is 28.4 Å². The molecule has 2 rings (SSSR count). The van der Waals surface area contributed by atoms with Crippen LogP contribution in [0.1, 0.15) is 33.6 Å². The molecule has 0 N–H and O–H groups in total. The van der Waals surface area contributed by atoms with E-state index in [1.165, 1.54) is 12.1 Å². The number of carbonyl (C=O) groups is 1. The molecule has 1 fully saturated rings. The maximum atomic E-state index is 12.5. The maximum absolute atomic E-state index is 12.5. The highest BCUT2D eigenvalue weighted by Gasteiger charge is 2.30. The zero-order valence-electron chi connectivity index (χ0n) is 13.9. The van der Waals surface area contributed by atoms with Crippen molar-refractivity contribution >= 4 is 22.6 Å². The predicted molar refractivity (Wildman–Crippen MR) is 88.1 cm³/mol. The zero-order valence-corrected chi connectivity index (χ0v) is 14.7. The largest absolute Gasteiger partial charge is 0.444 e. The van der Waals surface area contributed by atoms with Gasteiger partial charge in [0.2, 0.25) is 0 Å². The van der Waals surface area contributed by atoms with Gasteiger partial charge in [0.05, 0.1) is 15.7 Å². The average molecular weight is 355 g/mol. The fourth-order valence-corrected chi connectivity index (χ4v) is 3.69. The minimum atomic E-state index is -1.35. The van der Waals surface area contributed by atoms with Crippen LogP contribution in [-0.4, -0.2) is 49.0 Å². The first-order valence-electron chi connectivity index (χ1n) is 7.66. The Hall–Kier alpha value is -2.03. The Kier molecular flexibility index (Phi) is 5.53. The smallest absolute Gasteiger partial charge is 0.410 e. The molecule has 1 aliphatic heterocycles. The molecule has 1 amide bonds. The molecular weight excluding hydrogens is 334 g/mol. The normalized spacial score (nSPS) is 17.4. The molecule has 1 saturated heterocycles. The highest BCUT2D eigenvalue weighted by molar-refractivity contribution is 7.85. The van der Waals surface area contributed by atoms with Crippen molar-refractivity contribution < 1.29 is 18.7 Å². The summed E-state index contributed by atoms with van der Waals surface area (Å²) in [7, 11) is -1.35. The summed E-state index contributed by atoms with van der Waals surface area (Å²) in [6.07, 6.45) is 1.90. The number of hydrogen-bond donors (Lipinski definition) is 0. The molecule has 1 unspecified atom stereocenters. The third kappa shape index (κ3) is 4.73. The van der Waals surface area contributed by atoms with E-state index in [-0.39, 0.29) is 17.0 Å². The topological polar surface area (TPSA) is 103 Å². The van der Waals surface area contributed by atoms with Crippen molar-refractivity contribution in [1.82, 2.24) is 9.88 Å². The summed E-state index contributed by atoms with van der Waals surface area (Å²) in [6.45, 7) is 6.38. The fraction of sp³-hybridized carbons (Fsp3) is 0.600. The van der Waals surface area contributed by atoms with Gasteiger partial charge in [-0.15, -0.1) is 0 Å². The number of likely N-dealkylation sites (tertiary alicyclic amines) is 1. The summed E-state index contributed by atoms with van der Waals surface area (Å²) in [5.41, 5.74) is -0.671. The molecule has 1 aromatic heterocycles. The van der Waals surface area contributed by atoms with Gasteiger partial charge in [0.1, 0.15) is 16.8 Å². The molecule has 0 saturated carbocycles. The lowest BCUT2D eigenvalue weighted by Gasteiger charge is -2.32. The van der Waals surface area contributed by atoms with Crippen molar-refractivity contribution in [1.29, 1.82) is 0 Å². The van der Waals surface area contributed by atoms with E-state index in [1.54, 1.807) is 4.90 Å². The summed E-state index contributed by atoms with van der Waals surface area (Å²) in [5, 5.41) is 10.8. The van der Waals surface area contributed by atoms with Crippen LogP contribution in [0.15, 0.2) is 23.4 Å². The van der Waals surface area contributed by atoms with Gasteiger partial charge in [-0.3, -0.25) is 14.3 Å². The first kappa shape index (κ1) is 18.3. The molecule has 8 nitrogen and oxygen atoms in total. The van der Waals surface area contributed by atoms with Gasteiger partial charge in [0.25, 0.3) is 5.69 Å². The van der Waals surface area contributed by atoms with E-state index in [4.69, 9.17) is 4.74 Å². The Labute approximate surface area is 142 Å². The Balaban J connectivity index is 1.93. The van der Waals surface area contributed by atoms with Gasteiger partial charge in [-0.05, 0) is 39.7 Å². The van der Waals surface area contributed by atoms with Crippen molar-refractivity contribution in [2.24, 2.45) is 0 Å². The van der Waals surface area contributed by atoms with Gasteiger partial charge in [0.15, 0.2) is 0 Å². The second-order valence-electron chi connectivity index (χ2n) is 6.58. The van der Waals surface area contributed by atoms with Crippen LogP contribution in [0.25, 0.3) is 0 Å². The van der Waals surface area contributed by atoms with Crippen molar-refractivity contribution in [2.45, 2.75) is 49.5 Å². The molecule has 9 heteroatoms. The third-order valence-electron chi connectivity index (χ3n) is 3.53. The minimum absolute atomic E-state index is 0.127. The average Bonchev–Trinajstić information content (AvgIpc) is 2.53. The summed E-state index contributed by atoms with van der Waals surface area (Å²) >= 11 is 0. The maximum Gasteiger partial charge on any atom is 0.410 e. The van der Waals surface area contributed by atoms with E-state index in [9.17, 15) is 19.1 Å². The standard InChI is InChI=1S/C15H21N3O5S/c1-15(2,3)23-14(19)17-8-6-12(7-9-17)24(22)13-5-4-11(10-16-13)18(20)21/h4-5,10,12H,6-9H2,1-3H3. The first-order chi connectivity index (χ1) is 11.2. The number of carbonyl (C=O) groups excluding carboxylic acids is 1. The minimum Gasteiger partial charge on any atom is -0.444 e. The Morgan fingerprint density at radius 1 is 1.38 bits per heavy atom. The van der Waals surface area contributed by atoms with Crippen LogP contribution in [0.4, 0.5) is 10.5 Å². The molecule has 1 aromatic rings. The van der Waals surface area contributed by atoms with Gasteiger partial charge in [0, 0.05) is 24.4 Å². The molecule has 0 radical (unpaired) electrons. The number of amides is 1. The van der Waals surface area contributed by atoms with E-state index < -0.39 is 21.3 Å². The predicted octanol–water partition coefficient (Wildman–Crippen LogP) is 2.50. The lowest BCUT2D eigenvalue weighted by atomic mass is 10.1. The number of pyridine rings is 1. The Bertz CT molecular complexity index is 634. The monoisotopic (exact) mass is 355 g/mol. The van der Waals surface area contributed by atoms with Gasteiger partial charge in [-0.1, -0.05) is 0 Å². The van der Waals surface area contributed by atoms with Crippen LogP contribution in [0.5, 0.6) is 0 Å². The quantitative estimate of drug-likeness (QED) is 0.609. The van der Waals surface area contributed by atoms with Crippen molar-refractivity contribution in [3.8, 4) is 0 Å². The number of aromatic nitrogens is 1. The van der Waals surface area contributed by atoms with Crippen LogP contribution in [0.3, 0.4) is 0 Å². The van der Waals surface area contributed by atoms with Crippen LogP contribution < -0.4 is 0 Å². The van der Waals surface area contributed by atoms with Crippen LogP contribution in [0.2, 0.25) is 0 Å². The van der Waals surface area contributed by atoms with E-state index in [1.807, 2.05) is 20.8 Å². The second-order valence-corrected chi connectivity index (χ2v) is 8.26. The number of ether oxygens (including phenoxy) is 1. The zero-order chi connectivity index (χ0) is 17.9. The molecule has 0 aromatic carbocycles. The van der Waals surface area contributed by atoms with Gasteiger partial charge < -0.3 is 9.64 Å². The molecular formula is C15H21N3O5S. The number of nitrogens with zero attached hydrogens (tertiary/aromatic N) is 3. The second kappa shape index (κ2) is 7.25. The van der Waals surface area contributed by atoms with E-state index >= 15 is 0 Å². The Morgan fingerprint density at radius 2 is 2.00 bits per heavy atom. The van der Waals surface area contributed by atoms with Gasteiger partial charge in [-0.2, -0.15) is 0 Å². The summed E-state index contributed by atoms with van der Waals surface area (Å²) in [4.78, 5) is 27.6.